The highest BCUT2D eigenvalue weighted by Gasteiger charge is 2.20. The second-order valence-corrected chi connectivity index (χ2v) is 5.40. The molecule has 0 aliphatic carbocycles. The van der Waals surface area contributed by atoms with Crippen LogP contribution in [0.3, 0.4) is 0 Å². The third kappa shape index (κ3) is 3.86. The van der Waals surface area contributed by atoms with E-state index in [9.17, 15) is 0 Å². The average Bonchev–Trinajstić information content (AvgIpc) is 2.29. The summed E-state index contributed by atoms with van der Waals surface area (Å²) in [6.45, 7) is 5.44. The molecule has 83 valence electrons. The predicted molar refractivity (Wildman–Crippen MR) is 72.8 cm³/mol. The summed E-state index contributed by atoms with van der Waals surface area (Å²) < 4.78 is 12.4. The minimum atomic E-state index is -1.27. The SMILES string of the molecule is CCO[Si](OCC)c1ccccc1CI. The Morgan fingerprint density at radius 1 is 1.13 bits per heavy atom. The molecule has 0 aliphatic heterocycles. The first kappa shape index (κ1) is 13.2. The molecule has 2 nitrogen and oxygen atoms in total. The van der Waals surface area contributed by atoms with E-state index >= 15 is 0 Å². The van der Waals surface area contributed by atoms with Crippen LogP contribution in [0.5, 0.6) is 0 Å². The predicted octanol–water partition coefficient (Wildman–Crippen LogP) is 2.39. The van der Waals surface area contributed by atoms with Crippen molar-refractivity contribution < 1.29 is 8.85 Å². The Balaban J connectivity index is 2.88. The Labute approximate surface area is 107 Å². The monoisotopic (exact) mass is 335 g/mol. The molecule has 0 saturated carbocycles. The number of halogens is 1. The van der Waals surface area contributed by atoms with Gasteiger partial charge in [0.25, 0.3) is 0 Å². The summed E-state index contributed by atoms with van der Waals surface area (Å²) in [6, 6.07) is 8.38. The number of rotatable bonds is 6. The molecule has 0 heterocycles. The van der Waals surface area contributed by atoms with Crippen LogP contribution in [0.1, 0.15) is 19.4 Å². The molecule has 1 rings (SSSR count). The van der Waals surface area contributed by atoms with Crippen molar-refractivity contribution in [3.05, 3.63) is 29.8 Å². The fourth-order valence-corrected chi connectivity index (χ4v) is 3.91. The summed E-state index contributed by atoms with van der Waals surface area (Å²) in [6.07, 6.45) is 0. The standard InChI is InChI=1S/C11H16IO2Si/c1-3-13-15(14-4-2)11-8-6-5-7-10(11)9-12/h5-8H,3-4,9H2,1-2H3. The topological polar surface area (TPSA) is 18.5 Å². The zero-order chi connectivity index (χ0) is 11.1. The van der Waals surface area contributed by atoms with Crippen molar-refractivity contribution >= 4 is 37.1 Å². The molecule has 0 atom stereocenters. The largest absolute Gasteiger partial charge is 0.423 e. The third-order valence-electron chi connectivity index (χ3n) is 1.93. The van der Waals surface area contributed by atoms with Gasteiger partial charge in [0.05, 0.1) is 0 Å². The van der Waals surface area contributed by atoms with Crippen LogP contribution in [-0.4, -0.2) is 22.5 Å². The molecule has 1 aromatic rings. The molecule has 0 amide bonds. The maximum atomic E-state index is 5.69. The maximum Gasteiger partial charge on any atom is 0.423 e. The zero-order valence-corrected chi connectivity index (χ0v) is 12.3. The highest BCUT2D eigenvalue weighted by Crippen LogP contribution is 2.05. The van der Waals surface area contributed by atoms with E-state index in [1.165, 1.54) is 10.8 Å². The Morgan fingerprint density at radius 2 is 1.73 bits per heavy atom. The summed E-state index contributed by atoms with van der Waals surface area (Å²) >= 11 is 2.37. The summed E-state index contributed by atoms with van der Waals surface area (Å²) in [5.41, 5.74) is 1.33. The lowest BCUT2D eigenvalue weighted by Crippen LogP contribution is -2.39. The smallest absolute Gasteiger partial charge is 0.390 e. The van der Waals surface area contributed by atoms with Crippen molar-refractivity contribution in [3.8, 4) is 0 Å². The lowest BCUT2D eigenvalue weighted by atomic mass is 10.2. The van der Waals surface area contributed by atoms with Gasteiger partial charge in [-0.3, -0.25) is 0 Å². The van der Waals surface area contributed by atoms with E-state index < -0.39 is 9.28 Å². The van der Waals surface area contributed by atoms with E-state index in [1.54, 1.807) is 0 Å². The summed E-state index contributed by atoms with van der Waals surface area (Å²) in [5.74, 6) is 0. The summed E-state index contributed by atoms with van der Waals surface area (Å²) in [4.78, 5) is 0. The molecule has 0 spiro atoms. The summed E-state index contributed by atoms with van der Waals surface area (Å²) in [7, 11) is -1.27. The zero-order valence-electron chi connectivity index (χ0n) is 9.13. The van der Waals surface area contributed by atoms with Gasteiger partial charge in [0.15, 0.2) is 0 Å². The molecule has 0 unspecified atom stereocenters. The van der Waals surface area contributed by atoms with E-state index in [1.807, 2.05) is 19.9 Å². The van der Waals surface area contributed by atoms with E-state index in [2.05, 4.69) is 40.8 Å². The lowest BCUT2D eigenvalue weighted by Gasteiger charge is -2.15. The van der Waals surface area contributed by atoms with Crippen LogP contribution in [0.25, 0.3) is 0 Å². The van der Waals surface area contributed by atoms with Crippen LogP contribution in [0.2, 0.25) is 0 Å². The Morgan fingerprint density at radius 3 is 2.27 bits per heavy atom. The van der Waals surface area contributed by atoms with Crippen molar-refractivity contribution in [1.29, 1.82) is 0 Å². The van der Waals surface area contributed by atoms with Gasteiger partial charge in [0.2, 0.25) is 0 Å². The maximum absolute atomic E-state index is 5.69. The van der Waals surface area contributed by atoms with Crippen molar-refractivity contribution in [2.45, 2.75) is 18.3 Å². The minimum Gasteiger partial charge on any atom is -0.390 e. The van der Waals surface area contributed by atoms with Crippen LogP contribution in [0.15, 0.2) is 24.3 Å². The van der Waals surface area contributed by atoms with E-state index in [0.717, 1.165) is 4.43 Å². The van der Waals surface area contributed by atoms with E-state index in [0.29, 0.717) is 13.2 Å². The second-order valence-electron chi connectivity index (χ2n) is 2.94. The number of benzene rings is 1. The van der Waals surface area contributed by atoms with Crippen molar-refractivity contribution in [2.24, 2.45) is 0 Å². The Hall–Kier alpha value is 0.0869. The molecule has 0 bridgehead atoms. The molecule has 0 fully saturated rings. The average molecular weight is 335 g/mol. The van der Waals surface area contributed by atoms with Gasteiger partial charge >= 0.3 is 9.28 Å². The van der Waals surface area contributed by atoms with Crippen LogP contribution < -0.4 is 5.19 Å². The van der Waals surface area contributed by atoms with Crippen molar-refractivity contribution in [3.63, 3.8) is 0 Å². The highest BCUT2D eigenvalue weighted by atomic mass is 127. The van der Waals surface area contributed by atoms with Crippen molar-refractivity contribution in [2.75, 3.05) is 13.2 Å². The van der Waals surface area contributed by atoms with Gasteiger partial charge in [0.1, 0.15) is 0 Å². The molecule has 0 aliphatic rings. The molecule has 15 heavy (non-hydrogen) atoms. The van der Waals surface area contributed by atoms with Gasteiger partial charge in [-0.15, -0.1) is 0 Å². The Bertz CT molecular complexity index is 288. The molecule has 1 aromatic carbocycles. The fourth-order valence-electron chi connectivity index (χ4n) is 1.30. The third-order valence-corrected chi connectivity index (χ3v) is 4.78. The second kappa shape index (κ2) is 7.37. The molecule has 0 N–H and O–H groups in total. The normalized spacial score (nSPS) is 10.9. The first-order valence-corrected chi connectivity index (χ1v) is 7.94. The van der Waals surface area contributed by atoms with Crippen LogP contribution in [-0.2, 0) is 13.3 Å². The van der Waals surface area contributed by atoms with Gasteiger partial charge in [-0.25, -0.2) is 0 Å². The lowest BCUT2D eigenvalue weighted by molar-refractivity contribution is 0.225. The van der Waals surface area contributed by atoms with E-state index in [-0.39, 0.29) is 0 Å². The highest BCUT2D eigenvalue weighted by molar-refractivity contribution is 14.1. The number of hydrogen-bond acceptors (Lipinski definition) is 2. The van der Waals surface area contributed by atoms with Crippen LogP contribution >= 0.6 is 22.6 Å². The molecule has 1 radical (unpaired) electrons. The van der Waals surface area contributed by atoms with Crippen LogP contribution in [0, 0.1) is 0 Å². The molecular formula is C11H16IO2Si. The first-order valence-electron chi connectivity index (χ1n) is 5.10. The minimum absolute atomic E-state index is 0.712. The van der Waals surface area contributed by atoms with Crippen molar-refractivity contribution in [1.82, 2.24) is 0 Å². The fraction of sp³-hybridized carbons (Fsp3) is 0.455. The van der Waals surface area contributed by atoms with Gasteiger partial charge < -0.3 is 8.85 Å². The first-order chi connectivity index (χ1) is 7.33. The summed E-state index contributed by atoms with van der Waals surface area (Å²) in [5, 5.41) is 1.25. The Kier molecular flexibility index (Phi) is 6.47. The molecule has 0 saturated heterocycles. The van der Waals surface area contributed by atoms with Crippen LogP contribution in [0.4, 0.5) is 0 Å². The van der Waals surface area contributed by atoms with Gasteiger partial charge in [-0.2, -0.15) is 0 Å². The molecular weight excluding hydrogens is 319 g/mol. The number of alkyl halides is 1. The number of hydrogen-bond donors (Lipinski definition) is 0. The molecule has 4 heteroatoms. The van der Waals surface area contributed by atoms with Gasteiger partial charge in [0, 0.05) is 17.6 Å². The molecule has 0 aromatic heterocycles. The van der Waals surface area contributed by atoms with Gasteiger partial charge in [-0.1, -0.05) is 46.9 Å². The van der Waals surface area contributed by atoms with Gasteiger partial charge in [-0.05, 0) is 24.6 Å². The quantitative estimate of drug-likeness (QED) is 0.452. The van der Waals surface area contributed by atoms with E-state index in [4.69, 9.17) is 8.85 Å².